The van der Waals surface area contributed by atoms with Gasteiger partial charge >= 0.3 is 0 Å². The molecule has 0 bridgehead atoms. The Kier molecular flexibility index (Phi) is 2.75. The van der Waals surface area contributed by atoms with E-state index < -0.39 is 0 Å². The van der Waals surface area contributed by atoms with E-state index in [2.05, 4.69) is 33.8 Å². The van der Waals surface area contributed by atoms with Gasteiger partial charge in [-0.05, 0) is 24.6 Å². The zero-order valence-corrected chi connectivity index (χ0v) is 7.61. The fraction of sp³-hybridized carbons (Fsp3) is 0.143. The van der Waals surface area contributed by atoms with E-state index in [1.807, 2.05) is 6.92 Å². The molecule has 0 saturated heterocycles. The molecule has 1 aromatic rings. The topological polar surface area (TPSA) is 25.8 Å². The third-order valence-corrected chi connectivity index (χ3v) is 1.31. The van der Waals surface area contributed by atoms with Crippen LogP contribution in [-0.2, 0) is 12.6 Å². The van der Waals surface area contributed by atoms with Crippen molar-refractivity contribution >= 4 is 24.2 Å². The Labute approximate surface area is 75.4 Å². The van der Waals surface area contributed by atoms with Gasteiger partial charge in [-0.3, -0.25) is 0 Å². The minimum absolute atomic E-state index is 0.231. The predicted octanol–water partition coefficient (Wildman–Crippen LogP) is 0.759. The molecule has 4 heteroatoms. The monoisotopic (exact) mass is 185 g/mol. The third-order valence-electron chi connectivity index (χ3n) is 1.02. The summed E-state index contributed by atoms with van der Waals surface area (Å²) in [6, 6.07) is 1.76. The maximum Gasteiger partial charge on any atom is 0.223 e. The maximum absolute atomic E-state index is 5.58. The highest BCUT2D eigenvalue weighted by molar-refractivity contribution is 7.64. The largest absolute Gasteiger partial charge is 0.223 e. The van der Waals surface area contributed by atoms with Crippen LogP contribution in [0.4, 0.5) is 0 Å². The summed E-state index contributed by atoms with van der Waals surface area (Å²) in [5.41, 5.74) is 1.44. The van der Waals surface area contributed by atoms with Gasteiger partial charge in [-0.25, -0.2) is 9.97 Å². The molecule has 2 nitrogen and oxygen atoms in total. The number of halogens is 1. The summed E-state index contributed by atoms with van der Waals surface area (Å²) >= 11 is 8.60. The maximum atomic E-state index is 5.58. The molecule has 0 atom stereocenters. The normalized spacial score (nSPS) is 8.64. The second-order valence-corrected chi connectivity index (χ2v) is 2.50. The molecule has 0 unspecified atom stereocenters. The van der Waals surface area contributed by atoms with Gasteiger partial charge in [-0.1, -0.05) is 0 Å². The van der Waals surface area contributed by atoms with Crippen molar-refractivity contribution in [2.75, 3.05) is 0 Å². The minimum Gasteiger partial charge on any atom is -0.223 e. The first-order chi connectivity index (χ1) is 5.22. The molecular formula is C7H6ClN2S+. The lowest BCUT2D eigenvalue weighted by Crippen LogP contribution is -1.89. The van der Waals surface area contributed by atoms with Crippen LogP contribution < -0.4 is 0 Å². The van der Waals surface area contributed by atoms with Gasteiger partial charge in [-0.15, -0.1) is 0 Å². The Morgan fingerprint density at radius 1 is 1.55 bits per heavy atom. The number of aryl methyl sites for hydroxylation is 1. The molecule has 56 valence electrons. The first-order valence-corrected chi connectivity index (χ1v) is 3.79. The van der Waals surface area contributed by atoms with Gasteiger partial charge in [0.1, 0.15) is 5.69 Å². The van der Waals surface area contributed by atoms with Crippen molar-refractivity contribution in [1.82, 2.24) is 9.97 Å². The van der Waals surface area contributed by atoms with E-state index in [1.165, 1.54) is 0 Å². The lowest BCUT2D eigenvalue weighted by atomic mass is 10.3. The van der Waals surface area contributed by atoms with Crippen molar-refractivity contribution in [1.29, 1.82) is 0 Å². The van der Waals surface area contributed by atoms with Crippen molar-refractivity contribution < 1.29 is 0 Å². The molecule has 0 aliphatic rings. The quantitative estimate of drug-likeness (QED) is 0.339. The number of nitrogens with zero attached hydrogens (tertiary/aromatic N) is 2. The Morgan fingerprint density at radius 3 is 2.82 bits per heavy atom. The number of hydrogen-bond donors (Lipinski definition) is 0. The van der Waals surface area contributed by atoms with Crippen LogP contribution in [0.5, 0.6) is 0 Å². The summed E-state index contributed by atoms with van der Waals surface area (Å²) in [5, 5.41) is 2.78. The fourth-order valence-corrected chi connectivity index (χ4v) is 1.01. The highest BCUT2D eigenvalue weighted by Gasteiger charge is 1.95. The molecule has 0 radical (unpaired) electrons. The molecule has 0 N–H and O–H groups in total. The SMILES string of the molecule is Cc1cc(C#C[SH2+])nc(Cl)n1. The molecule has 1 rings (SSSR count). The van der Waals surface area contributed by atoms with Crippen molar-refractivity contribution in [3.63, 3.8) is 0 Å². The number of hydrogen-bond acceptors (Lipinski definition) is 2. The summed E-state index contributed by atoms with van der Waals surface area (Å²) in [6.07, 6.45) is 0. The molecule has 1 heterocycles. The first-order valence-electron chi connectivity index (χ1n) is 2.91. The van der Waals surface area contributed by atoms with E-state index in [-0.39, 0.29) is 5.28 Å². The van der Waals surface area contributed by atoms with Crippen LogP contribution in [0.25, 0.3) is 0 Å². The zero-order chi connectivity index (χ0) is 8.27. The number of rotatable bonds is 0. The molecule has 0 saturated carbocycles. The van der Waals surface area contributed by atoms with Crippen LogP contribution in [0.15, 0.2) is 6.07 Å². The molecule has 1 aromatic heterocycles. The number of aromatic nitrogens is 2. The predicted molar refractivity (Wildman–Crippen MR) is 48.8 cm³/mol. The van der Waals surface area contributed by atoms with E-state index >= 15 is 0 Å². The van der Waals surface area contributed by atoms with Crippen LogP contribution in [0.3, 0.4) is 0 Å². The van der Waals surface area contributed by atoms with Gasteiger partial charge in [0, 0.05) is 24.2 Å². The lowest BCUT2D eigenvalue weighted by Gasteiger charge is -1.92. The van der Waals surface area contributed by atoms with Crippen molar-refractivity contribution in [2.45, 2.75) is 6.92 Å². The lowest BCUT2D eigenvalue weighted by molar-refractivity contribution is 1.09. The molecule has 0 amide bonds. The molecule has 0 fully saturated rings. The molecule has 0 aliphatic heterocycles. The van der Waals surface area contributed by atoms with E-state index in [0.717, 1.165) is 5.69 Å². The van der Waals surface area contributed by atoms with Gasteiger partial charge in [0.15, 0.2) is 5.25 Å². The van der Waals surface area contributed by atoms with Gasteiger partial charge in [0.2, 0.25) is 5.28 Å². The van der Waals surface area contributed by atoms with E-state index in [4.69, 9.17) is 11.6 Å². The van der Waals surface area contributed by atoms with Crippen molar-refractivity contribution in [3.8, 4) is 11.2 Å². The highest BCUT2D eigenvalue weighted by Crippen LogP contribution is 2.03. The summed E-state index contributed by atoms with van der Waals surface area (Å²) < 4.78 is 0. The van der Waals surface area contributed by atoms with E-state index in [0.29, 0.717) is 5.69 Å². The van der Waals surface area contributed by atoms with Crippen molar-refractivity contribution in [2.24, 2.45) is 0 Å². The van der Waals surface area contributed by atoms with Crippen LogP contribution in [-0.4, -0.2) is 9.97 Å². The Balaban J connectivity index is 3.15. The zero-order valence-electron chi connectivity index (χ0n) is 5.85. The second kappa shape index (κ2) is 3.61. The van der Waals surface area contributed by atoms with Gasteiger partial charge < -0.3 is 0 Å². The second-order valence-electron chi connectivity index (χ2n) is 1.91. The highest BCUT2D eigenvalue weighted by atomic mass is 35.5. The molecule has 11 heavy (non-hydrogen) atoms. The van der Waals surface area contributed by atoms with Gasteiger partial charge in [-0.2, -0.15) is 0 Å². The van der Waals surface area contributed by atoms with Crippen LogP contribution in [0, 0.1) is 18.1 Å². The fourth-order valence-electron chi connectivity index (χ4n) is 0.660. The average molecular weight is 186 g/mol. The van der Waals surface area contributed by atoms with Gasteiger partial charge in [0.05, 0.1) is 0 Å². The minimum atomic E-state index is 0.231. The Hall–Kier alpha value is -0.720. The van der Waals surface area contributed by atoms with Crippen molar-refractivity contribution in [3.05, 3.63) is 22.7 Å². The van der Waals surface area contributed by atoms with Gasteiger partial charge in [0.25, 0.3) is 0 Å². The third kappa shape index (κ3) is 2.41. The molecule has 0 spiro atoms. The molecule has 0 aromatic carbocycles. The summed E-state index contributed by atoms with van der Waals surface area (Å²) in [4.78, 5) is 7.76. The average Bonchev–Trinajstić information content (AvgIpc) is 1.85. The van der Waals surface area contributed by atoms with E-state index in [9.17, 15) is 0 Å². The summed E-state index contributed by atoms with van der Waals surface area (Å²) in [6.45, 7) is 1.84. The Bertz CT molecular complexity index is 307. The smallest absolute Gasteiger partial charge is 0.223 e. The van der Waals surface area contributed by atoms with E-state index in [1.54, 1.807) is 6.07 Å². The summed E-state index contributed by atoms with van der Waals surface area (Å²) in [5.74, 6) is 2.72. The molecular weight excluding hydrogens is 180 g/mol. The Morgan fingerprint density at radius 2 is 2.27 bits per heavy atom. The van der Waals surface area contributed by atoms with Crippen LogP contribution in [0.1, 0.15) is 11.4 Å². The summed E-state index contributed by atoms with van der Waals surface area (Å²) in [7, 11) is 0. The molecule has 0 aliphatic carbocycles. The standard InChI is InChI=1S/C7H5ClN2S/c1-5-4-6(2-3-11)10-7(8)9-5/h4,11H,1H3/p+1. The first kappa shape index (κ1) is 8.38. The van der Waals surface area contributed by atoms with Crippen LogP contribution in [0.2, 0.25) is 5.28 Å². The van der Waals surface area contributed by atoms with Crippen LogP contribution >= 0.6 is 11.6 Å².